The molecule has 0 aromatic heterocycles. The molecule has 0 saturated heterocycles. The number of hydrogen-bond donors (Lipinski definition) is 2. The van der Waals surface area contributed by atoms with E-state index in [9.17, 15) is 4.79 Å². The van der Waals surface area contributed by atoms with E-state index in [-0.39, 0.29) is 5.97 Å². The van der Waals surface area contributed by atoms with E-state index >= 15 is 0 Å². The van der Waals surface area contributed by atoms with Crippen LogP contribution < -0.4 is 10.6 Å². The molecule has 27 heavy (non-hydrogen) atoms. The normalized spacial score (nSPS) is 14.6. The van der Waals surface area contributed by atoms with Gasteiger partial charge in [0.15, 0.2) is 0 Å². The van der Waals surface area contributed by atoms with Crippen LogP contribution in [0.25, 0.3) is 0 Å². The summed E-state index contributed by atoms with van der Waals surface area (Å²) < 4.78 is 6.22. The fourth-order valence-corrected chi connectivity index (χ4v) is 3.69. The van der Waals surface area contributed by atoms with E-state index in [1.807, 2.05) is 37.3 Å². The minimum Gasteiger partial charge on any atom is -0.462 e. The zero-order valence-electron chi connectivity index (χ0n) is 15.8. The topological polar surface area (TPSA) is 50.4 Å². The van der Waals surface area contributed by atoms with Crippen LogP contribution in [0.3, 0.4) is 0 Å². The van der Waals surface area contributed by atoms with Crippen molar-refractivity contribution in [1.82, 2.24) is 0 Å². The molecule has 1 saturated carbocycles. The van der Waals surface area contributed by atoms with E-state index in [0.29, 0.717) is 24.8 Å². The van der Waals surface area contributed by atoms with E-state index in [2.05, 4.69) is 38.7 Å². The van der Waals surface area contributed by atoms with Crippen molar-refractivity contribution in [3.05, 3.63) is 58.1 Å². The van der Waals surface area contributed by atoms with Crippen molar-refractivity contribution in [3.63, 3.8) is 0 Å². The maximum Gasteiger partial charge on any atom is 0.338 e. The number of hydrogen-bond acceptors (Lipinski definition) is 4. The lowest BCUT2D eigenvalue weighted by atomic mass is 9.95. The Hall–Kier alpha value is -2.01. The van der Waals surface area contributed by atoms with Crippen LogP contribution in [0, 0.1) is 0 Å². The molecule has 1 fully saturated rings. The fraction of sp³-hybridized carbons (Fsp3) is 0.409. The molecule has 0 radical (unpaired) electrons. The summed E-state index contributed by atoms with van der Waals surface area (Å²) in [4.78, 5) is 12.1. The quantitative estimate of drug-likeness (QED) is 0.530. The highest BCUT2D eigenvalue weighted by atomic mass is 79.9. The Kier molecular flexibility index (Phi) is 7.16. The van der Waals surface area contributed by atoms with Crippen LogP contribution in [0.1, 0.15) is 54.9 Å². The Morgan fingerprint density at radius 2 is 1.81 bits per heavy atom. The number of benzene rings is 2. The van der Waals surface area contributed by atoms with Crippen LogP contribution in [0.15, 0.2) is 46.9 Å². The first kappa shape index (κ1) is 19.7. The van der Waals surface area contributed by atoms with Crippen LogP contribution in [0.4, 0.5) is 11.4 Å². The number of nitrogens with one attached hydrogen (secondary N) is 2. The number of carbonyl (C=O) groups excluding carboxylic acids is 1. The standard InChI is InChI=1S/C22H27BrN2O2/c1-2-27-22(26)17-10-13-20(25-19-6-4-3-5-7-19)21(14-17)24-15-16-8-11-18(23)12-9-16/h8-14,19,24-25H,2-7,15H2,1H3. The third-order valence-corrected chi connectivity index (χ3v) is 5.42. The average molecular weight is 431 g/mol. The molecular weight excluding hydrogens is 404 g/mol. The van der Waals surface area contributed by atoms with Gasteiger partial charge in [0.1, 0.15) is 0 Å². The summed E-state index contributed by atoms with van der Waals surface area (Å²) in [5.41, 5.74) is 3.74. The molecule has 0 amide bonds. The summed E-state index contributed by atoms with van der Waals surface area (Å²) in [6.45, 7) is 2.89. The van der Waals surface area contributed by atoms with Gasteiger partial charge in [-0.05, 0) is 55.7 Å². The van der Waals surface area contributed by atoms with E-state index in [0.717, 1.165) is 15.8 Å². The molecule has 3 rings (SSSR count). The van der Waals surface area contributed by atoms with E-state index < -0.39 is 0 Å². The van der Waals surface area contributed by atoms with Crippen molar-refractivity contribution < 1.29 is 9.53 Å². The van der Waals surface area contributed by atoms with Gasteiger partial charge in [-0.1, -0.05) is 47.3 Å². The van der Waals surface area contributed by atoms with Gasteiger partial charge in [-0.2, -0.15) is 0 Å². The molecular formula is C22H27BrN2O2. The molecule has 0 aliphatic heterocycles. The van der Waals surface area contributed by atoms with Crippen molar-refractivity contribution in [2.45, 2.75) is 51.6 Å². The van der Waals surface area contributed by atoms with Crippen LogP contribution >= 0.6 is 15.9 Å². The van der Waals surface area contributed by atoms with Crippen molar-refractivity contribution >= 4 is 33.3 Å². The maximum absolute atomic E-state index is 12.1. The first-order valence-corrected chi connectivity index (χ1v) is 10.5. The van der Waals surface area contributed by atoms with Crippen LogP contribution in [0.2, 0.25) is 0 Å². The van der Waals surface area contributed by atoms with Crippen LogP contribution in [-0.4, -0.2) is 18.6 Å². The Morgan fingerprint density at radius 1 is 1.07 bits per heavy atom. The summed E-state index contributed by atoms with van der Waals surface area (Å²) in [5.74, 6) is -0.284. The Labute approximate surface area is 169 Å². The van der Waals surface area contributed by atoms with Gasteiger partial charge in [0, 0.05) is 17.1 Å². The lowest BCUT2D eigenvalue weighted by molar-refractivity contribution is 0.0526. The summed E-state index contributed by atoms with van der Waals surface area (Å²) in [7, 11) is 0. The highest BCUT2D eigenvalue weighted by Gasteiger charge is 2.16. The number of rotatable bonds is 7. The van der Waals surface area contributed by atoms with Gasteiger partial charge >= 0.3 is 5.97 Å². The SMILES string of the molecule is CCOC(=O)c1ccc(NC2CCCCC2)c(NCc2ccc(Br)cc2)c1. The highest BCUT2D eigenvalue weighted by molar-refractivity contribution is 9.10. The molecule has 144 valence electrons. The van der Waals surface area contributed by atoms with Crippen LogP contribution in [0.5, 0.6) is 0 Å². The lowest BCUT2D eigenvalue weighted by Crippen LogP contribution is -2.23. The second-order valence-electron chi connectivity index (χ2n) is 6.94. The van der Waals surface area contributed by atoms with E-state index in [1.54, 1.807) is 0 Å². The summed E-state index contributed by atoms with van der Waals surface area (Å²) in [6.07, 6.45) is 6.28. The predicted octanol–water partition coefficient (Wildman–Crippen LogP) is 5.98. The zero-order valence-corrected chi connectivity index (χ0v) is 17.3. The Bertz CT molecular complexity index is 755. The van der Waals surface area contributed by atoms with Crippen molar-refractivity contribution in [1.29, 1.82) is 0 Å². The van der Waals surface area contributed by atoms with E-state index in [4.69, 9.17) is 4.74 Å². The molecule has 1 aliphatic rings. The second-order valence-corrected chi connectivity index (χ2v) is 7.86. The molecule has 2 aromatic carbocycles. The molecule has 1 aliphatic carbocycles. The minimum absolute atomic E-state index is 0.284. The van der Waals surface area contributed by atoms with Crippen molar-refractivity contribution in [2.24, 2.45) is 0 Å². The van der Waals surface area contributed by atoms with Gasteiger partial charge in [-0.3, -0.25) is 0 Å². The maximum atomic E-state index is 12.1. The number of anilines is 2. The molecule has 5 heteroatoms. The lowest BCUT2D eigenvalue weighted by Gasteiger charge is -2.25. The molecule has 2 N–H and O–H groups in total. The Balaban J connectivity index is 1.77. The molecule has 0 spiro atoms. The van der Waals surface area contributed by atoms with Crippen LogP contribution in [-0.2, 0) is 11.3 Å². The summed E-state index contributed by atoms with van der Waals surface area (Å²) in [5, 5.41) is 7.16. The predicted molar refractivity (Wildman–Crippen MR) is 114 cm³/mol. The average Bonchev–Trinajstić information content (AvgIpc) is 2.69. The molecule has 0 atom stereocenters. The molecule has 0 bridgehead atoms. The monoisotopic (exact) mass is 430 g/mol. The van der Waals surface area contributed by atoms with Gasteiger partial charge in [-0.25, -0.2) is 4.79 Å². The van der Waals surface area contributed by atoms with E-state index in [1.165, 1.54) is 37.7 Å². The zero-order chi connectivity index (χ0) is 19.1. The first-order chi connectivity index (χ1) is 13.2. The smallest absolute Gasteiger partial charge is 0.338 e. The number of halogens is 1. The van der Waals surface area contributed by atoms with Crippen molar-refractivity contribution in [3.8, 4) is 0 Å². The third kappa shape index (κ3) is 5.73. The van der Waals surface area contributed by atoms with Gasteiger partial charge < -0.3 is 15.4 Å². The van der Waals surface area contributed by atoms with Gasteiger partial charge in [0.2, 0.25) is 0 Å². The number of ether oxygens (including phenoxy) is 1. The first-order valence-electron chi connectivity index (χ1n) is 9.71. The second kappa shape index (κ2) is 9.79. The Morgan fingerprint density at radius 3 is 2.52 bits per heavy atom. The fourth-order valence-electron chi connectivity index (χ4n) is 3.42. The van der Waals surface area contributed by atoms with Gasteiger partial charge in [-0.15, -0.1) is 0 Å². The highest BCUT2D eigenvalue weighted by Crippen LogP contribution is 2.29. The molecule has 4 nitrogen and oxygen atoms in total. The number of carbonyl (C=O) groups is 1. The number of esters is 1. The van der Waals surface area contributed by atoms with Gasteiger partial charge in [0.25, 0.3) is 0 Å². The summed E-state index contributed by atoms with van der Waals surface area (Å²) in [6, 6.07) is 14.5. The van der Waals surface area contributed by atoms with Gasteiger partial charge in [0.05, 0.1) is 23.5 Å². The summed E-state index contributed by atoms with van der Waals surface area (Å²) >= 11 is 3.47. The molecule has 0 heterocycles. The minimum atomic E-state index is -0.284. The largest absolute Gasteiger partial charge is 0.462 e. The molecule has 0 unspecified atom stereocenters. The third-order valence-electron chi connectivity index (χ3n) is 4.89. The van der Waals surface area contributed by atoms with Crippen molar-refractivity contribution in [2.75, 3.05) is 17.2 Å². The molecule has 2 aromatic rings.